The molecule has 0 saturated carbocycles. The van der Waals surface area contributed by atoms with Crippen LogP contribution in [0.1, 0.15) is 0 Å². The van der Waals surface area contributed by atoms with Gasteiger partial charge in [0.25, 0.3) is 0 Å². The second-order valence-electron chi connectivity index (χ2n) is 4.76. The van der Waals surface area contributed by atoms with E-state index in [1.165, 1.54) is 16.4 Å². The number of rotatable bonds is 4. The summed E-state index contributed by atoms with van der Waals surface area (Å²) in [5, 5.41) is 4.97. The molecule has 0 radical (unpaired) electrons. The largest absolute Gasteiger partial charge is 0.497 e. The maximum Gasteiger partial charge on any atom is 0.241 e. The van der Waals surface area contributed by atoms with Crippen LogP contribution in [0.2, 0.25) is 10.0 Å². The van der Waals surface area contributed by atoms with E-state index in [0.29, 0.717) is 15.7 Å². The summed E-state index contributed by atoms with van der Waals surface area (Å²) in [6.45, 7) is 0. The Balaban J connectivity index is 1.93. The lowest BCUT2D eigenvalue weighted by molar-refractivity contribution is 0.414. The standard InChI is InChI=1S/C15H13Cl2N5OS/c1-23-9-2-4-10(5-3-9)24-13-11(16)6-8(7-12(13)17)22-15(19)20-14(18)21-22/h2-7H,1H3,(H4,18,19,20,21). The molecule has 9 heteroatoms. The van der Waals surface area contributed by atoms with Gasteiger partial charge in [-0.2, -0.15) is 9.67 Å². The Labute approximate surface area is 152 Å². The zero-order valence-corrected chi connectivity index (χ0v) is 14.9. The molecule has 0 fully saturated rings. The quantitative estimate of drug-likeness (QED) is 0.711. The lowest BCUT2D eigenvalue weighted by Gasteiger charge is -2.10. The third-order valence-electron chi connectivity index (χ3n) is 3.16. The number of nitrogens with two attached hydrogens (primary N) is 2. The predicted octanol–water partition coefficient (Wildman–Crippen LogP) is 3.90. The van der Waals surface area contributed by atoms with Gasteiger partial charge in [0.1, 0.15) is 5.75 Å². The van der Waals surface area contributed by atoms with E-state index in [0.717, 1.165) is 15.5 Å². The van der Waals surface area contributed by atoms with Gasteiger partial charge in [-0.25, -0.2) is 0 Å². The molecule has 124 valence electrons. The molecular weight excluding hydrogens is 369 g/mol. The van der Waals surface area contributed by atoms with Gasteiger partial charge in [0.15, 0.2) is 0 Å². The highest BCUT2D eigenvalue weighted by atomic mass is 35.5. The number of aromatic nitrogens is 3. The first-order chi connectivity index (χ1) is 11.5. The fourth-order valence-electron chi connectivity index (χ4n) is 2.06. The topological polar surface area (TPSA) is 92.0 Å². The zero-order chi connectivity index (χ0) is 17.3. The molecule has 0 unspecified atom stereocenters. The average Bonchev–Trinajstić information content (AvgIpc) is 2.90. The van der Waals surface area contributed by atoms with E-state index in [-0.39, 0.29) is 11.9 Å². The van der Waals surface area contributed by atoms with E-state index >= 15 is 0 Å². The molecule has 0 amide bonds. The molecule has 3 rings (SSSR count). The minimum absolute atomic E-state index is 0.0800. The molecule has 0 bridgehead atoms. The first-order valence-electron chi connectivity index (χ1n) is 6.77. The predicted molar refractivity (Wildman–Crippen MR) is 97.3 cm³/mol. The van der Waals surface area contributed by atoms with Gasteiger partial charge in [0, 0.05) is 9.79 Å². The zero-order valence-electron chi connectivity index (χ0n) is 12.5. The minimum Gasteiger partial charge on any atom is -0.497 e. The van der Waals surface area contributed by atoms with Crippen molar-refractivity contribution in [2.45, 2.75) is 9.79 Å². The highest BCUT2D eigenvalue weighted by Gasteiger charge is 2.14. The third-order valence-corrected chi connectivity index (χ3v) is 5.13. The average molecular weight is 382 g/mol. The van der Waals surface area contributed by atoms with E-state index in [1.807, 2.05) is 24.3 Å². The Morgan fingerprint density at radius 2 is 1.71 bits per heavy atom. The number of hydrogen-bond acceptors (Lipinski definition) is 6. The Morgan fingerprint density at radius 1 is 1.08 bits per heavy atom. The van der Waals surface area contributed by atoms with Crippen molar-refractivity contribution in [3.8, 4) is 11.4 Å². The molecule has 1 aromatic heterocycles. The molecule has 6 nitrogen and oxygen atoms in total. The number of nitrogens with zero attached hydrogens (tertiary/aromatic N) is 3. The van der Waals surface area contributed by atoms with Crippen molar-refractivity contribution in [2.24, 2.45) is 0 Å². The Morgan fingerprint density at radius 3 is 2.21 bits per heavy atom. The van der Waals surface area contributed by atoms with Gasteiger partial charge in [-0.1, -0.05) is 35.0 Å². The van der Waals surface area contributed by atoms with Crippen LogP contribution < -0.4 is 16.2 Å². The summed E-state index contributed by atoms with van der Waals surface area (Å²) >= 11 is 14.2. The molecule has 0 saturated heterocycles. The number of hydrogen-bond donors (Lipinski definition) is 2. The number of benzene rings is 2. The molecule has 3 aromatic rings. The second kappa shape index (κ2) is 6.80. The van der Waals surface area contributed by atoms with Crippen molar-refractivity contribution < 1.29 is 4.74 Å². The minimum atomic E-state index is 0.0800. The van der Waals surface area contributed by atoms with Crippen LogP contribution in [0.25, 0.3) is 5.69 Å². The summed E-state index contributed by atoms with van der Waals surface area (Å²) in [6, 6.07) is 11.0. The summed E-state index contributed by atoms with van der Waals surface area (Å²) in [4.78, 5) is 5.58. The lowest BCUT2D eigenvalue weighted by Crippen LogP contribution is -2.03. The monoisotopic (exact) mass is 381 g/mol. The first kappa shape index (κ1) is 16.8. The second-order valence-corrected chi connectivity index (χ2v) is 6.65. The van der Waals surface area contributed by atoms with Crippen molar-refractivity contribution in [3.05, 3.63) is 46.4 Å². The van der Waals surface area contributed by atoms with Crippen LogP contribution in [0.4, 0.5) is 11.9 Å². The fraction of sp³-hybridized carbons (Fsp3) is 0.0667. The number of methoxy groups -OCH3 is 1. The number of nitrogen functional groups attached to an aromatic ring is 2. The smallest absolute Gasteiger partial charge is 0.241 e. The van der Waals surface area contributed by atoms with Crippen LogP contribution in [0.15, 0.2) is 46.2 Å². The van der Waals surface area contributed by atoms with Gasteiger partial charge in [-0.15, -0.1) is 5.10 Å². The summed E-state index contributed by atoms with van der Waals surface area (Å²) in [5.41, 5.74) is 11.9. The van der Waals surface area contributed by atoms with Crippen LogP contribution in [0.3, 0.4) is 0 Å². The number of ether oxygens (including phenoxy) is 1. The molecule has 0 aliphatic carbocycles. The highest BCUT2D eigenvalue weighted by molar-refractivity contribution is 7.99. The van der Waals surface area contributed by atoms with Crippen molar-refractivity contribution in [2.75, 3.05) is 18.6 Å². The fourth-order valence-corrected chi connectivity index (χ4v) is 3.59. The van der Waals surface area contributed by atoms with Crippen molar-refractivity contribution >= 4 is 46.9 Å². The normalized spacial score (nSPS) is 10.8. The maximum absolute atomic E-state index is 6.39. The van der Waals surface area contributed by atoms with Gasteiger partial charge in [-0.3, -0.25) is 0 Å². The highest BCUT2D eigenvalue weighted by Crippen LogP contribution is 2.40. The van der Waals surface area contributed by atoms with E-state index in [4.69, 9.17) is 39.4 Å². The number of halogens is 2. The molecule has 4 N–H and O–H groups in total. The molecule has 2 aromatic carbocycles. The Bertz CT molecular complexity index is 859. The first-order valence-corrected chi connectivity index (χ1v) is 8.34. The third kappa shape index (κ3) is 3.38. The molecule has 0 aliphatic rings. The van der Waals surface area contributed by atoms with Crippen LogP contribution in [0, 0.1) is 0 Å². The molecule has 1 heterocycles. The van der Waals surface area contributed by atoms with Gasteiger partial charge < -0.3 is 16.2 Å². The Kier molecular flexibility index (Phi) is 4.75. The van der Waals surface area contributed by atoms with Crippen LogP contribution in [-0.2, 0) is 0 Å². The van der Waals surface area contributed by atoms with Gasteiger partial charge in [-0.05, 0) is 36.4 Å². The van der Waals surface area contributed by atoms with Crippen molar-refractivity contribution in [1.29, 1.82) is 0 Å². The molecule has 0 atom stereocenters. The van der Waals surface area contributed by atoms with E-state index in [1.54, 1.807) is 19.2 Å². The lowest BCUT2D eigenvalue weighted by atomic mass is 10.3. The van der Waals surface area contributed by atoms with Gasteiger partial charge in [0.2, 0.25) is 11.9 Å². The Hall–Kier alpha value is -2.09. The molecule has 24 heavy (non-hydrogen) atoms. The van der Waals surface area contributed by atoms with Crippen LogP contribution in [-0.4, -0.2) is 21.9 Å². The number of anilines is 2. The van der Waals surface area contributed by atoms with E-state index in [9.17, 15) is 0 Å². The van der Waals surface area contributed by atoms with Gasteiger partial charge >= 0.3 is 0 Å². The van der Waals surface area contributed by atoms with E-state index in [2.05, 4.69) is 10.1 Å². The SMILES string of the molecule is COc1ccc(Sc2c(Cl)cc(-n3nc(N)nc3N)cc2Cl)cc1. The summed E-state index contributed by atoms with van der Waals surface area (Å²) in [5.74, 6) is 1.03. The molecular formula is C15H13Cl2N5OS. The maximum atomic E-state index is 6.39. The van der Waals surface area contributed by atoms with Gasteiger partial charge in [0.05, 0.1) is 22.8 Å². The summed E-state index contributed by atoms with van der Waals surface area (Å²) in [6.07, 6.45) is 0. The van der Waals surface area contributed by atoms with Crippen molar-refractivity contribution in [1.82, 2.24) is 14.8 Å². The van der Waals surface area contributed by atoms with Crippen LogP contribution >= 0.6 is 35.0 Å². The van der Waals surface area contributed by atoms with E-state index < -0.39 is 0 Å². The summed E-state index contributed by atoms with van der Waals surface area (Å²) < 4.78 is 6.53. The van der Waals surface area contributed by atoms with Crippen molar-refractivity contribution in [3.63, 3.8) is 0 Å². The molecule has 0 aliphatic heterocycles. The summed E-state index contributed by atoms with van der Waals surface area (Å²) in [7, 11) is 1.62. The van der Waals surface area contributed by atoms with Crippen LogP contribution in [0.5, 0.6) is 5.75 Å². The molecule has 0 spiro atoms.